The van der Waals surface area contributed by atoms with Crippen molar-refractivity contribution in [1.29, 1.82) is 0 Å². The molecule has 0 radical (unpaired) electrons. The summed E-state index contributed by atoms with van der Waals surface area (Å²) in [6.45, 7) is 7.16. The lowest BCUT2D eigenvalue weighted by Crippen LogP contribution is -2.39. The fourth-order valence-electron chi connectivity index (χ4n) is 4.83. The van der Waals surface area contributed by atoms with Crippen LogP contribution in [0.3, 0.4) is 0 Å². The van der Waals surface area contributed by atoms with E-state index in [1.165, 1.54) is 34.8 Å². The Kier molecular flexibility index (Phi) is 9.47. The molecule has 1 atom stereocenters. The van der Waals surface area contributed by atoms with Crippen molar-refractivity contribution in [3.05, 3.63) is 119 Å². The van der Waals surface area contributed by atoms with Crippen LogP contribution in [0.15, 0.2) is 86.7 Å². The Balaban J connectivity index is 1.51. The van der Waals surface area contributed by atoms with Gasteiger partial charge in [-0.2, -0.15) is 0 Å². The van der Waals surface area contributed by atoms with E-state index >= 15 is 0 Å². The molecular weight excluding hydrogens is 632 g/mol. The number of fused-ring (bicyclic) bond motifs is 1. The Morgan fingerprint density at radius 3 is 2.49 bits per heavy atom. The molecule has 0 N–H and O–H groups in total. The third kappa shape index (κ3) is 6.60. The Labute approximate surface area is 261 Å². The highest BCUT2D eigenvalue weighted by molar-refractivity contribution is 9.10. The van der Waals surface area contributed by atoms with Crippen molar-refractivity contribution in [3.63, 3.8) is 0 Å². The molecule has 0 spiro atoms. The van der Waals surface area contributed by atoms with Crippen molar-refractivity contribution >= 4 is 39.3 Å². The molecule has 3 aromatic carbocycles. The van der Waals surface area contributed by atoms with Crippen molar-refractivity contribution in [3.8, 4) is 17.2 Å². The van der Waals surface area contributed by atoms with Crippen LogP contribution in [-0.4, -0.2) is 30.9 Å². The van der Waals surface area contributed by atoms with Gasteiger partial charge in [0, 0.05) is 6.20 Å². The fourth-order valence-corrected chi connectivity index (χ4v) is 6.31. The van der Waals surface area contributed by atoms with Crippen LogP contribution in [0.25, 0.3) is 6.08 Å². The number of esters is 1. The van der Waals surface area contributed by atoms with Crippen LogP contribution in [0.1, 0.15) is 42.1 Å². The lowest BCUT2D eigenvalue weighted by atomic mass is 9.97. The zero-order chi connectivity index (χ0) is 30.5. The van der Waals surface area contributed by atoms with Crippen molar-refractivity contribution in [2.75, 3.05) is 20.3 Å². The summed E-state index contributed by atoms with van der Waals surface area (Å²) in [5, 5.41) is 0. The highest BCUT2D eigenvalue weighted by Crippen LogP contribution is 2.35. The summed E-state index contributed by atoms with van der Waals surface area (Å²) in [5.41, 5.74) is 3.71. The molecule has 8 nitrogen and oxygen atoms in total. The van der Waals surface area contributed by atoms with Gasteiger partial charge in [-0.3, -0.25) is 9.36 Å². The first-order valence-corrected chi connectivity index (χ1v) is 15.4. The monoisotopic (exact) mass is 662 g/mol. The van der Waals surface area contributed by atoms with Gasteiger partial charge in [0.2, 0.25) is 0 Å². The molecule has 0 amide bonds. The topological polar surface area (TPSA) is 88.4 Å². The van der Waals surface area contributed by atoms with Crippen LogP contribution >= 0.6 is 27.3 Å². The standard InChI is InChI=1S/C33H31BrN2O6S/c1-5-40-27-13-11-23(17-28(27)41-6-2)30-24(32(38)39-4)18-35-33-36(30)31(37)29(43-33)16-21-10-12-26(25(34)15-21)42-19-22-9-7-8-20(3)14-22/h7-18,30H,5-6,19H2,1-4H3/b29-16-/t30-/m1/s1. The van der Waals surface area contributed by atoms with E-state index in [0.717, 1.165) is 15.6 Å². The zero-order valence-corrected chi connectivity index (χ0v) is 26.7. The van der Waals surface area contributed by atoms with E-state index in [4.69, 9.17) is 18.9 Å². The van der Waals surface area contributed by atoms with Gasteiger partial charge in [0.15, 0.2) is 16.3 Å². The van der Waals surface area contributed by atoms with E-state index in [9.17, 15) is 9.59 Å². The number of hydrogen-bond donors (Lipinski definition) is 0. The summed E-state index contributed by atoms with van der Waals surface area (Å²) in [6.07, 6.45) is 3.28. The number of methoxy groups -OCH3 is 1. The van der Waals surface area contributed by atoms with Crippen LogP contribution in [0, 0.1) is 6.92 Å². The minimum Gasteiger partial charge on any atom is -0.490 e. The van der Waals surface area contributed by atoms with E-state index < -0.39 is 12.0 Å². The molecule has 5 rings (SSSR count). The smallest absolute Gasteiger partial charge is 0.337 e. The average Bonchev–Trinajstić information content (AvgIpc) is 3.31. The zero-order valence-electron chi connectivity index (χ0n) is 24.3. The number of aryl methyl sites for hydroxylation is 1. The number of rotatable bonds is 10. The second kappa shape index (κ2) is 13.4. The molecule has 0 aliphatic carbocycles. The maximum absolute atomic E-state index is 13.9. The quantitative estimate of drug-likeness (QED) is 0.210. The molecule has 4 aromatic rings. The largest absolute Gasteiger partial charge is 0.490 e. The third-order valence-corrected chi connectivity index (χ3v) is 8.36. The predicted molar refractivity (Wildman–Crippen MR) is 170 cm³/mol. The van der Waals surface area contributed by atoms with Gasteiger partial charge in [0.05, 0.1) is 40.9 Å². The number of hydrogen-bond acceptors (Lipinski definition) is 8. The minimum absolute atomic E-state index is 0.242. The highest BCUT2D eigenvalue weighted by atomic mass is 79.9. The maximum atomic E-state index is 13.9. The number of thiazole rings is 1. The number of carbonyl (C=O) groups excluding carboxylic acids is 1. The van der Waals surface area contributed by atoms with Crippen LogP contribution in [0.4, 0.5) is 0 Å². The van der Waals surface area contributed by atoms with Gasteiger partial charge in [0.1, 0.15) is 12.4 Å². The van der Waals surface area contributed by atoms with Gasteiger partial charge in [-0.25, -0.2) is 9.79 Å². The minimum atomic E-state index is -0.759. The third-order valence-electron chi connectivity index (χ3n) is 6.74. The summed E-state index contributed by atoms with van der Waals surface area (Å²) < 4.78 is 25.4. The molecule has 1 aliphatic heterocycles. The second-order valence-electron chi connectivity index (χ2n) is 9.72. The number of nitrogens with zero attached hydrogens (tertiary/aromatic N) is 2. The van der Waals surface area contributed by atoms with E-state index in [1.807, 2.05) is 69.3 Å². The Hall–Kier alpha value is -4.15. The van der Waals surface area contributed by atoms with Crippen molar-refractivity contribution in [2.45, 2.75) is 33.4 Å². The van der Waals surface area contributed by atoms with Crippen molar-refractivity contribution in [1.82, 2.24) is 4.57 Å². The number of ether oxygens (including phenoxy) is 4. The van der Waals surface area contributed by atoms with E-state index in [2.05, 4.69) is 27.0 Å². The summed E-state index contributed by atoms with van der Waals surface area (Å²) in [7, 11) is 1.31. The first-order valence-electron chi connectivity index (χ1n) is 13.8. The van der Waals surface area contributed by atoms with E-state index in [-0.39, 0.29) is 11.1 Å². The number of carbonyl (C=O) groups is 1. The van der Waals surface area contributed by atoms with Crippen molar-refractivity contribution < 1.29 is 23.7 Å². The van der Waals surface area contributed by atoms with Crippen LogP contribution < -0.4 is 29.1 Å². The molecule has 0 unspecified atom stereocenters. The van der Waals surface area contributed by atoms with Gasteiger partial charge in [0.25, 0.3) is 5.56 Å². The van der Waals surface area contributed by atoms with Crippen LogP contribution in [0.2, 0.25) is 0 Å². The Morgan fingerprint density at radius 2 is 1.77 bits per heavy atom. The molecule has 0 saturated carbocycles. The maximum Gasteiger partial charge on any atom is 0.337 e. The normalized spacial score (nSPS) is 14.4. The number of aromatic nitrogens is 1. The SMILES string of the molecule is CCOc1ccc([C@@H]2C(C(=O)OC)=CN=c3s/c(=C\c4ccc(OCc5cccc(C)c5)c(Br)c4)c(=O)n32)cc1OCC. The fraction of sp³-hybridized carbons (Fsp3) is 0.242. The molecule has 222 valence electrons. The lowest BCUT2D eigenvalue weighted by molar-refractivity contribution is -0.136. The Morgan fingerprint density at radius 1 is 1.00 bits per heavy atom. The van der Waals surface area contributed by atoms with Gasteiger partial charge < -0.3 is 18.9 Å². The van der Waals surface area contributed by atoms with Gasteiger partial charge in [-0.05, 0) is 83.7 Å². The molecule has 1 aliphatic rings. The van der Waals surface area contributed by atoms with Gasteiger partial charge in [-0.1, -0.05) is 53.3 Å². The second-order valence-corrected chi connectivity index (χ2v) is 11.6. The summed E-state index contributed by atoms with van der Waals surface area (Å²) in [4.78, 5) is 31.6. The van der Waals surface area contributed by atoms with E-state index in [0.29, 0.717) is 52.0 Å². The molecular formula is C33H31BrN2O6S. The molecule has 0 fully saturated rings. The molecule has 43 heavy (non-hydrogen) atoms. The molecule has 0 bridgehead atoms. The molecule has 1 aromatic heterocycles. The first kappa shape index (κ1) is 30.3. The summed E-state index contributed by atoms with van der Waals surface area (Å²) >= 11 is 4.86. The summed E-state index contributed by atoms with van der Waals surface area (Å²) in [5.74, 6) is 1.24. The van der Waals surface area contributed by atoms with Gasteiger partial charge in [-0.15, -0.1) is 0 Å². The van der Waals surface area contributed by atoms with Gasteiger partial charge >= 0.3 is 5.97 Å². The number of halogens is 1. The van der Waals surface area contributed by atoms with Crippen LogP contribution in [0.5, 0.6) is 17.2 Å². The number of benzene rings is 3. The molecule has 2 heterocycles. The molecule has 0 saturated heterocycles. The van der Waals surface area contributed by atoms with Crippen LogP contribution in [-0.2, 0) is 16.1 Å². The predicted octanol–water partition coefficient (Wildman–Crippen LogP) is 5.47. The van der Waals surface area contributed by atoms with Crippen molar-refractivity contribution in [2.24, 2.45) is 4.99 Å². The molecule has 10 heteroatoms. The first-order chi connectivity index (χ1) is 20.8. The average molecular weight is 664 g/mol. The summed E-state index contributed by atoms with van der Waals surface area (Å²) in [6, 6.07) is 18.5. The highest BCUT2D eigenvalue weighted by Gasteiger charge is 2.31. The van der Waals surface area contributed by atoms with E-state index in [1.54, 1.807) is 12.1 Å². The Bertz CT molecular complexity index is 1880. The lowest BCUT2D eigenvalue weighted by Gasteiger charge is -2.23.